The first-order valence-corrected chi connectivity index (χ1v) is 9.47. The van der Waals surface area contributed by atoms with Gasteiger partial charge in [0.1, 0.15) is 29.9 Å². The normalized spacial score (nSPS) is 40.3. The molecule has 0 radical (unpaired) electrons. The number of ether oxygens (including phenoxy) is 1. The van der Waals surface area contributed by atoms with E-state index in [9.17, 15) is 25.2 Å². The Labute approximate surface area is 146 Å². The third-order valence-corrected chi connectivity index (χ3v) is 5.70. The summed E-state index contributed by atoms with van der Waals surface area (Å²) in [4.78, 5) is 14.4. The molecule has 2 fully saturated rings. The molecule has 2 heterocycles. The number of thioether (sulfide) groups is 1. The maximum Gasteiger partial charge on any atom is 0.237 e. The van der Waals surface area contributed by atoms with Gasteiger partial charge in [-0.1, -0.05) is 0 Å². The fraction of sp³-hybridized carbons (Fsp3) is 0.933. The van der Waals surface area contributed by atoms with Gasteiger partial charge in [0, 0.05) is 0 Å². The monoisotopic (exact) mass is 364 g/mol. The van der Waals surface area contributed by atoms with Gasteiger partial charge in [-0.3, -0.25) is 9.69 Å². The van der Waals surface area contributed by atoms with Crippen LogP contribution in [-0.4, -0.2) is 99.1 Å². The highest BCUT2D eigenvalue weighted by Gasteiger charge is 2.48. The van der Waals surface area contributed by atoms with Crippen LogP contribution < -0.4 is 5.32 Å². The van der Waals surface area contributed by atoms with Crippen molar-refractivity contribution in [1.29, 1.82) is 0 Å². The average molecular weight is 364 g/mol. The summed E-state index contributed by atoms with van der Waals surface area (Å²) in [5.74, 6) is -0.238. The molecule has 0 bridgehead atoms. The second-order valence-electron chi connectivity index (χ2n) is 6.59. The van der Waals surface area contributed by atoms with Crippen molar-refractivity contribution >= 4 is 17.7 Å². The molecule has 0 aromatic carbocycles. The lowest BCUT2D eigenvalue weighted by Gasteiger charge is -2.44. The van der Waals surface area contributed by atoms with E-state index < -0.39 is 42.0 Å². The molecular formula is C15H28N2O6S. The Balaban J connectivity index is 2.12. The Morgan fingerprint density at radius 3 is 2.46 bits per heavy atom. The Bertz CT molecular complexity index is 438. The summed E-state index contributed by atoms with van der Waals surface area (Å²) in [7, 11) is 1.87. The minimum atomic E-state index is -1.41. The quantitative estimate of drug-likeness (QED) is 0.384. The molecule has 3 unspecified atom stereocenters. The number of hydrogen-bond acceptors (Lipinski definition) is 8. The molecule has 0 aliphatic carbocycles. The van der Waals surface area contributed by atoms with E-state index in [0.29, 0.717) is 0 Å². The molecule has 5 N–H and O–H groups in total. The molecule has 0 aromatic heterocycles. The molecule has 8 nitrogen and oxygen atoms in total. The third-order valence-electron chi connectivity index (χ3n) is 4.84. The molecule has 2 saturated heterocycles. The van der Waals surface area contributed by atoms with Gasteiger partial charge in [-0.05, 0) is 39.6 Å². The minimum Gasteiger partial charge on any atom is -0.391 e. The van der Waals surface area contributed by atoms with Crippen molar-refractivity contribution in [1.82, 2.24) is 10.2 Å². The van der Waals surface area contributed by atoms with Gasteiger partial charge < -0.3 is 30.5 Å². The van der Waals surface area contributed by atoms with Crippen molar-refractivity contribution in [3.05, 3.63) is 0 Å². The number of aliphatic hydroxyl groups excluding tert-OH is 4. The number of aliphatic hydroxyl groups is 4. The molecule has 0 spiro atoms. The smallest absolute Gasteiger partial charge is 0.237 e. The highest BCUT2D eigenvalue weighted by atomic mass is 32.2. The molecule has 2 rings (SSSR count). The second kappa shape index (κ2) is 8.31. The SMILES string of the molecule is CSC1OC([C@H](NC(=O)[C@H]2CCCN2C)[C@@H](C)O)C(O)[C@H](O)[C@@H]1O. The number of likely N-dealkylation sites (tertiary alicyclic amines) is 1. The summed E-state index contributed by atoms with van der Waals surface area (Å²) >= 11 is 1.19. The van der Waals surface area contributed by atoms with E-state index in [1.54, 1.807) is 6.26 Å². The predicted molar refractivity (Wildman–Crippen MR) is 89.5 cm³/mol. The van der Waals surface area contributed by atoms with Crippen molar-refractivity contribution < 1.29 is 30.0 Å². The molecule has 24 heavy (non-hydrogen) atoms. The van der Waals surface area contributed by atoms with Gasteiger partial charge in [0.15, 0.2) is 0 Å². The van der Waals surface area contributed by atoms with Crippen LogP contribution in [0.25, 0.3) is 0 Å². The Kier molecular flexibility index (Phi) is 6.89. The van der Waals surface area contributed by atoms with Gasteiger partial charge in [-0.2, -0.15) is 0 Å². The number of nitrogens with zero attached hydrogens (tertiary/aromatic N) is 1. The van der Waals surface area contributed by atoms with Crippen molar-refractivity contribution in [3.63, 3.8) is 0 Å². The molecule has 2 aliphatic rings. The van der Waals surface area contributed by atoms with Gasteiger partial charge >= 0.3 is 0 Å². The summed E-state index contributed by atoms with van der Waals surface area (Å²) < 4.78 is 5.66. The first-order chi connectivity index (χ1) is 11.3. The third kappa shape index (κ3) is 4.04. The second-order valence-corrected chi connectivity index (χ2v) is 7.53. The van der Waals surface area contributed by atoms with Crippen LogP contribution in [0.4, 0.5) is 0 Å². The van der Waals surface area contributed by atoms with E-state index in [4.69, 9.17) is 4.74 Å². The predicted octanol–water partition coefficient (Wildman–Crippen LogP) is -1.88. The number of carbonyl (C=O) groups is 1. The van der Waals surface area contributed by atoms with Crippen LogP contribution in [0.3, 0.4) is 0 Å². The lowest BCUT2D eigenvalue weighted by Crippen LogP contribution is -2.65. The van der Waals surface area contributed by atoms with E-state index in [1.807, 2.05) is 11.9 Å². The van der Waals surface area contributed by atoms with Crippen molar-refractivity contribution in [2.45, 2.75) is 67.8 Å². The lowest BCUT2D eigenvalue weighted by atomic mass is 9.92. The topological polar surface area (TPSA) is 122 Å². The summed E-state index contributed by atoms with van der Waals surface area (Å²) in [5.41, 5.74) is -0.749. The summed E-state index contributed by atoms with van der Waals surface area (Å²) in [6.07, 6.45) is -2.70. The molecule has 0 saturated carbocycles. The van der Waals surface area contributed by atoms with Crippen LogP contribution in [0, 0.1) is 0 Å². The molecular weight excluding hydrogens is 336 g/mol. The zero-order chi connectivity index (χ0) is 18.0. The van der Waals surface area contributed by atoms with Crippen LogP contribution in [0.15, 0.2) is 0 Å². The summed E-state index contributed by atoms with van der Waals surface area (Å²) in [5, 5.41) is 43.0. The van der Waals surface area contributed by atoms with Crippen molar-refractivity contribution in [2.24, 2.45) is 0 Å². The lowest BCUT2D eigenvalue weighted by molar-refractivity contribution is -0.211. The summed E-state index contributed by atoms with van der Waals surface area (Å²) in [6.45, 7) is 2.32. The summed E-state index contributed by atoms with van der Waals surface area (Å²) in [6, 6.07) is -1.17. The Morgan fingerprint density at radius 1 is 1.29 bits per heavy atom. The highest BCUT2D eigenvalue weighted by molar-refractivity contribution is 7.99. The van der Waals surface area contributed by atoms with Gasteiger partial charge in [0.05, 0.1) is 18.2 Å². The largest absolute Gasteiger partial charge is 0.391 e. The number of nitrogens with one attached hydrogen (secondary N) is 1. The maximum atomic E-state index is 12.5. The number of rotatable bonds is 5. The van der Waals surface area contributed by atoms with Crippen LogP contribution >= 0.6 is 11.8 Å². The van der Waals surface area contributed by atoms with Crippen LogP contribution in [0.2, 0.25) is 0 Å². The van der Waals surface area contributed by atoms with E-state index in [-0.39, 0.29) is 11.9 Å². The molecule has 0 aromatic rings. The van der Waals surface area contributed by atoms with E-state index in [0.717, 1.165) is 19.4 Å². The van der Waals surface area contributed by atoms with E-state index >= 15 is 0 Å². The Morgan fingerprint density at radius 2 is 1.96 bits per heavy atom. The fourth-order valence-electron chi connectivity index (χ4n) is 3.34. The standard InChI is InChI=1S/C15H28N2O6S/c1-7(18)9(16-14(22)8-5-4-6-17(8)2)13-11(20)10(19)12(21)15(23-13)24-3/h7-13,15,18-21H,4-6H2,1-3H3,(H,16,22)/t7-,8-,9-,10+,11?,12+,13?,15?/m1/s1. The first kappa shape index (κ1) is 19.9. The zero-order valence-electron chi connectivity index (χ0n) is 14.2. The zero-order valence-corrected chi connectivity index (χ0v) is 15.0. The average Bonchev–Trinajstić information content (AvgIpc) is 2.97. The van der Waals surface area contributed by atoms with Crippen molar-refractivity contribution in [2.75, 3.05) is 19.8 Å². The van der Waals surface area contributed by atoms with Gasteiger partial charge in [-0.15, -0.1) is 11.8 Å². The molecule has 9 heteroatoms. The van der Waals surface area contributed by atoms with E-state index in [1.165, 1.54) is 18.7 Å². The van der Waals surface area contributed by atoms with Crippen LogP contribution in [0.1, 0.15) is 19.8 Å². The van der Waals surface area contributed by atoms with Crippen molar-refractivity contribution in [3.8, 4) is 0 Å². The van der Waals surface area contributed by atoms with Gasteiger partial charge in [-0.25, -0.2) is 0 Å². The minimum absolute atomic E-state index is 0.238. The fourth-order valence-corrected chi connectivity index (χ4v) is 4.02. The van der Waals surface area contributed by atoms with E-state index in [2.05, 4.69) is 5.32 Å². The number of likely N-dealkylation sites (N-methyl/N-ethyl adjacent to an activating group) is 1. The Hall–Kier alpha value is -0.420. The number of hydrogen-bond donors (Lipinski definition) is 5. The first-order valence-electron chi connectivity index (χ1n) is 8.19. The molecule has 140 valence electrons. The number of amides is 1. The maximum absolute atomic E-state index is 12.5. The van der Waals surface area contributed by atoms with Crippen LogP contribution in [-0.2, 0) is 9.53 Å². The molecule has 8 atom stereocenters. The van der Waals surface area contributed by atoms with Crippen LogP contribution in [0.5, 0.6) is 0 Å². The molecule has 2 aliphatic heterocycles. The van der Waals surface area contributed by atoms with Gasteiger partial charge in [0.25, 0.3) is 0 Å². The molecule has 1 amide bonds. The number of carbonyl (C=O) groups excluding carboxylic acids is 1. The van der Waals surface area contributed by atoms with Gasteiger partial charge in [0.2, 0.25) is 5.91 Å². The highest BCUT2D eigenvalue weighted by Crippen LogP contribution is 2.29.